The van der Waals surface area contributed by atoms with Crippen LogP contribution in [0.2, 0.25) is 0 Å². The number of rotatable bonds is 6. The van der Waals surface area contributed by atoms with Gasteiger partial charge in [0.1, 0.15) is 0 Å². The number of piperidine rings is 1. The quantitative estimate of drug-likeness (QED) is 0.823. The van der Waals surface area contributed by atoms with E-state index in [9.17, 15) is 9.59 Å². The number of amides is 2. The van der Waals surface area contributed by atoms with Crippen LogP contribution in [0.3, 0.4) is 0 Å². The molecule has 0 unspecified atom stereocenters. The first-order chi connectivity index (χ1) is 12.7. The Bertz CT molecular complexity index is 576. The molecule has 0 aromatic heterocycles. The van der Waals surface area contributed by atoms with E-state index < -0.39 is 0 Å². The molecule has 2 N–H and O–H groups in total. The Labute approximate surface area is 156 Å². The normalized spacial score (nSPS) is 19.8. The molecule has 26 heavy (non-hydrogen) atoms. The number of carbonyl (C=O) groups excluding carboxylic acids is 2. The van der Waals surface area contributed by atoms with Crippen LogP contribution in [-0.4, -0.2) is 48.9 Å². The van der Waals surface area contributed by atoms with Crippen LogP contribution in [0.1, 0.15) is 55.3 Å². The predicted molar refractivity (Wildman–Crippen MR) is 103 cm³/mol. The molecule has 1 saturated carbocycles. The van der Waals surface area contributed by atoms with E-state index in [-0.39, 0.29) is 24.4 Å². The molecule has 0 radical (unpaired) electrons. The van der Waals surface area contributed by atoms with E-state index >= 15 is 0 Å². The minimum atomic E-state index is -0.206. The van der Waals surface area contributed by atoms with Crippen molar-refractivity contribution in [2.75, 3.05) is 26.2 Å². The molecule has 5 nitrogen and oxygen atoms in total. The van der Waals surface area contributed by atoms with E-state index in [0.29, 0.717) is 5.56 Å². The van der Waals surface area contributed by atoms with E-state index in [1.165, 1.54) is 38.6 Å². The minimum Gasteiger partial charge on any atom is -0.352 e. The molecule has 2 fully saturated rings. The second-order valence-electron chi connectivity index (χ2n) is 7.70. The largest absolute Gasteiger partial charge is 0.352 e. The van der Waals surface area contributed by atoms with Crippen molar-refractivity contribution in [3.63, 3.8) is 0 Å². The number of likely N-dealkylation sites (tertiary alicyclic amines) is 1. The Hall–Kier alpha value is -1.88. The van der Waals surface area contributed by atoms with Crippen molar-refractivity contribution in [2.24, 2.45) is 5.92 Å². The molecule has 2 amide bonds. The van der Waals surface area contributed by atoms with Gasteiger partial charge in [0.25, 0.3) is 5.91 Å². The van der Waals surface area contributed by atoms with Gasteiger partial charge in [0.2, 0.25) is 5.91 Å². The van der Waals surface area contributed by atoms with Gasteiger partial charge in [-0.3, -0.25) is 9.59 Å². The van der Waals surface area contributed by atoms with E-state index in [1.54, 1.807) is 12.1 Å². The van der Waals surface area contributed by atoms with Gasteiger partial charge in [-0.2, -0.15) is 0 Å². The predicted octanol–water partition coefficient (Wildman–Crippen LogP) is 2.58. The zero-order valence-electron chi connectivity index (χ0n) is 15.6. The Morgan fingerprint density at radius 2 is 1.65 bits per heavy atom. The minimum absolute atomic E-state index is 0.0377. The van der Waals surface area contributed by atoms with Gasteiger partial charge in [0, 0.05) is 31.2 Å². The second-order valence-corrected chi connectivity index (χ2v) is 7.70. The third kappa shape index (κ3) is 5.84. The number of carbonyl (C=O) groups is 2. The van der Waals surface area contributed by atoms with Crippen molar-refractivity contribution < 1.29 is 9.59 Å². The third-order valence-corrected chi connectivity index (χ3v) is 5.64. The van der Waals surface area contributed by atoms with Crippen LogP contribution >= 0.6 is 0 Å². The number of hydrogen-bond donors (Lipinski definition) is 2. The van der Waals surface area contributed by atoms with Gasteiger partial charge in [0.05, 0.1) is 6.54 Å². The number of nitrogens with one attached hydrogen (secondary N) is 2. The van der Waals surface area contributed by atoms with Crippen LogP contribution in [0.5, 0.6) is 0 Å². The number of nitrogens with zero attached hydrogens (tertiary/aromatic N) is 1. The van der Waals surface area contributed by atoms with E-state index in [1.807, 2.05) is 18.2 Å². The zero-order chi connectivity index (χ0) is 18.2. The van der Waals surface area contributed by atoms with Gasteiger partial charge >= 0.3 is 0 Å². The first kappa shape index (κ1) is 18.9. The average molecular weight is 357 g/mol. The third-order valence-electron chi connectivity index (χ3n) is 5.64. The van der Waals surface area contributed by atoms with Crippen LogP contribution in [0.25, 0.3) is 0 Å². The maximum absolute atomic E-state index is 12.1. The first-order valence-electron chi connectivity index (χ1n) is 10.1. The van der Waals surface area contributed by atoms with Crippen LogP contribution < -0.4 is 10.6 Å². The van der Waals surface area contributed by atoms with Gasteiger partial charge in [-0.05, 0) is 43.7 Å². The van der Waals surface area contributed by atoms with Gasteiger partial charge in [-0.1, -0.05) is 37.5 Å². The Morgan fingerprint density at radius 3 is 2.35 bits per heavy atom. The van der Waals surface area contributed by atoms with E-state index in [2.05, 4.69) is 15.5 Å². The summed E-state index contributed by atoms with van der Waals surface area (Å²) in [6.45, 7) is 3.40. The molecule has 1 saturated heterocycles. The summed E-state index contributed by atoms with van der Waals surface area (Å²) in [5.74, 6) is 0.575. The average Bonchev–Trinajstić information content (AvgIpc) is 2.69. The van der Waals surface area contributed by atoms with Crippen LogP contribution in [-0.2, 0) is 4.79 Å². The highest BCUT2D eigenvalue weighted by molar-refractivity contribution is 5.96. The lowest BCUT2D eigenvalue weighted by Gasteiger charge is -2.35. The second kappa shape index (κ2) is 9.72. The first-order valence-corrected chi connectivity index (χ1v) is 10.1. The topological polar surface area (TPSA) is 61.4 Å². The zero-order valence-corrected chi connectivity index (χ0v) is 15.6. The van der Waals surface area contributed by atoms with Gasteiger partial charge in [-0.25, -0.2) is 0 Å². The van der Waals surface area contributed by atoms with Crippen molar-refractivity contribution in [3.8, 4) is 0 Å². The number of benzene rings is 1. The lowest BCUT2D eigenvalue weighted by molar-refractivity contribution is -0.121. The van der Waals surface area contributed by atoms with Crippen molar-refractivity contribution in [2.45, 2.75) is 51.0 Å². The van der Waals surface area contributed by atoms with Crippen molar-refractivity contribution in [1.82, 2.24) is 15.5 Å². The SMILES string of the molecule is O=C(CNC(=O)c1ccccc1)NC1CCN(CC2CCCCC2)CC1. The molecule has 1 aliphatic carbocycles. The Balaban J connectivity index is 1.32. The highest BCUT2D eigenvalue weighted by Crippen LogP contribution is 2.25. The van der Waals surface area contributed by atoms with E-state index in [0.717, 1.165) is 31.8 Å². The standard InChI is InChI=1S/C21H31N3O2/c25-20(15-22-21(26)18-9-5-2-6-10-18)23-19-11-13-24(14-12-19)16-17-7-3-1-4-8-17/h2,5-6,9-10,17,19H,1,3-4,7-8,11-16H2,(H,22,26)(H,23,25). The highest BCUT2D eigenvalue weighted by Gasteiger charge is 2.23. The lowest BCUT2D eigenvalue weighted by atomic mass is 9.88. The number of hydrogen-bond acceptors (Lipinski definition) is 3. The van der Waals surface area contributed by atoms with Gasteiger partial charge in [0.15, 0.2) is 0 Å². The molecular weight excluding hydrogens is 326 g/mol. The Kier molecular flexibility index (Phi) is 7.06. The fraction of sp³-hybridized carbons (Fsp3) is 0.619. The van der Waals surface area contributed by atoms with Crippen molar-refractivity contribution in [1.29, 1.82) is 0 Å². The molecule has 1 aliphatic heterocycles. The molecule has 3 rings (SSSR count). The van der Waals surface area contributed by atoms with Gasteiger partial charge in [-0.15, -0.1) is 0 Å². The molecular formula is C21H31N3O2. The van der Waals surface area contributed by atoms with Crippen LogP contribution in [0.15, 0.2) is 30.3 Å². The highest BCUT2D eigenvalue weighted by atomic mass is 16.2. The summed E-state index contributed by atoms with van der Waals surface area (Å²) in [7, 11) is 0. The van der Waals surface area contributed by atoms with Crippen molar-refractivity contribution in [3.05, 3.63) is 35.9 Å². The Morgan fingerprint density at radius 1 is 0.962 bits per heavy atom. The molecule has 2 aliphatic rings. The molecule has 0 spiro atoms. The summed E-state index contributed by atoms with van der Waals surface area (Å²) in [4.78, 5) is 26.6. The summed E-state index contributed by atoms with van der Waals surface area (Å²) in [5, 5.41) is 5.76. The van der Waals surface area contributed by atoms with Crippen molar-refractivity contribution >= 4 is 11.8 Å². The summed E-state index contributed by atoms with van der Waals surface area (Å²) in [5.41, 5.74) is 0.580. The monoisotopic (exact) mass is 357 g/mol. The summed E-state index contributed by atoms with van der Waals surface area (Å²) in [6, 6.07) is 9.22. The molecule has 1 heterocycles. The summed E-state index contributed by atoms with van der Waals surface area (Å²) < 4.78 is 0. The molecule has 5 heteroatoms. The fourth-order valence-electron chi connectivity index (χ4n) is 4.13. The fourth-order valence-corrected chi connectivity index (χ4v) is 4.13. The van der Waals surface area contributed by atoms with Crippen LogP contribution in [0, 0.1) is 5.92 Å². The molecule has 1 aromatic rings. The van der Waals surface area contributed by atoms with Crippen LogP contribution in [0.4, 0.5) is 0 Å². The maximum atomic E-state index is 12.1. The van der Waals surface area contributed by atoms with Gasteiger partial charge < -0.3 is 15.5 Å². The molecule has 0 atom stereocenters. The molecule has 142 valence electrons. The lowest BCUT2D eigenvalue weighted by Crippen LogP contribution is -2.48. The van der Waals surface area contributed by atoms with E-state index in [4.69, 9.17) is 0 Å². The summed E-state index contributed by atoms with van der Waals surface area (Å²) >= 11 is 0. The molecule has 1 aromatic carbocycles. The smallest absolute Gasteiger partial charge is 0.251 e. The summed E-state index contributed by atoms with van der Waals surface area (Å²) in [6.07, 6.45) is 8.98. The maximum Gasteiger partial charge on any atom is 0.251 e. The molecule has 0 bridgehead atoms.